The van der Waals surface area contributed by atoms with Crippen LogP contribution >= 0.6 is 0 Å². The number of hydrogen-bond donors (Lipinski definition) is 0. The first-order valence-corrected chi connectivity index (χ1v) is 0. The van der Waals surface area contributed by atoms with Gasteiger partial charge in [0.1, 0.15) is 0 Å². The van der Waals surface area contributed by atoms with Crippen molar-refractivity contribution in [2.75, 3.05) is 0 Å². The number of hydrogen-bond acceptors (Lipinski definition) is 0. The van der Waals surface area contributed by atoms with E-state index in [1.54, 1.807) is 0 Å². The van der Waals surface area contributed by atoms with Crippen LogP contribution in [0.5, 0.6) is 0 Å². The standard InChI is InChI=1S/4ClH.3Hf.4O/h4*1H;;;;;;;/q;;;;3*+4;4*-2/p-4. The van der Waals surface area contributed by atoms with Crippen LogP contribution in [0.1, 0.15) is 0 Å². The normalized spacial score (nSPS) is 0. The van der Waals surface area contributed by atoms with Crippen LogP contribution in [0, 0.1) is 0 Å². The average Bonchev–Trinajstić information content (AvgIpc) is 0. The zero-order valence-electron chi connectivity index (χ0n) is 4.64. The molecule has 0 aromatic carbocycles. The van der Waals surface area contributed by atoms with Crippen LogP contribution in [0.4, 0.5) is 0 Å². The first-order chi connectivity index (χ1) is 0. The molecule has 0 aliphatic rings. The van der Waals surface area contributed by atoms with E-state index >= 15 is 0 Å². The summed E-state index contributed by atoms with van der Waals surface area (Å²) in [6.45, 7) is 0. The summed E-state index contributed by atoms with van der Waals surface area (Å²) in [7, 11) is 0. The molecule has 0 aromatic heterocycles. The SMILES string of the molecule is [Cl-].[Cl-].[Cl-].[Cl-].[Hf+4].[Hf+4].[Hf+4].[O-2].[O-2].[O-2].[O-2]. The first kappa shape index (κ1) is 208. The molecule has 0 spiro atoms. The second-order valence-electron chi connectivity index (χ2n) is 0. The van der Waals surface area contributed by atoms with E-state index in [9.17, 15) is 0 Å². The zero-order valence-corrected chi connectivity index (χ0v) is 18.4. The van der Waals surface area contributed by atoms with Gasteiger partial charge >= 0.3 is 77.5 Å². The molecule has 64 valence electrons. The molecule has 0 aliphatic heterocycles. The fraction of sp³-hybridized carbons (Fsp3) is 0. The summed E-state index contributed by atoms with van der Waals surface area (Å²) in [6.07, 6.45) is 0. The molecule has 0 atom stereocenters. The van der Waals surface area contributed by atoms with E-state index in [4.69, 9.17) is 0 Å². The van der Waals surface area contributed by atoms with Crippen LogP contribution in [-0.4, -0.2) is 0 Å². The molecule has 11 heavy (non-hydrogen) atoms. The van der Waals surface area contributed by atoms with Gasteiger partial charge in [-0.2, -0.15) is 0 Å². The Morgan fingerprint density at radius 3 is 0.273 bits per heavy atom. The molecule has 0 saturated carbocycles. The Morgan fingerprint density at radius 1 is 0.273 bits per heavy atom. The maximum absolute atomic E-state index is 0. The minimum Gasteiger partial charge on any atom is -2.00 e. The van der Waals surface area contributed by atoms with E-state index in [-0.39, 0.29) is 149 Å². The van der Waals surface area contributed by atoms with Crippen LogP contribution in [0.2, 0.25) is 0 Å². The second kappa shape index (κ2) is 166. The van der Waals surface area contributed by atoms with Crippen molar-refractivity contribution in [2.45, 2.75) is 0 Å². The van der Waals surface area contributed by atoms with E-state index in [1.165, 1.54) is 0 Å². The molecule has 0 amide bonds. The molecule has 11 heteroatoms. The molecular weight excluding hydrogens is 741 g/mol. The summed E-state index contributed by atoms with van der Waals surface area (Å²) in [5.41, 5.74) is 0. The van der Waals surface area contributed by atoms with Gasteiger partial charge in [0.2, 0.25) is 0 Å². The van der Waals surface area contributed by atoms with Gasteiger partial charge in [-0.15, -0.1) is 0 Å². The summed E-state index contributed by atoms with van der Waals surface area (Å²) in [5.74, 6) is 0. The smallest absolute Gasteiger partial charge is 2.00 e. The minimum absolute atomic E-state index is 0. The third kappa shape index (κ3) is 141. The molecule has 0 heterocycles. The fourth-order valence-corrected chi connectivity index (χ4v) is 0. The maximum Gasteiger partial charge on any atom is 4.00 e. The van der Waals surface area contributed by atoms with E-state index < -0.39 is 0 Å². The van der Waals surface area contributed by atoms with Gasteiger partial charge in [-0.3, -0.25) is 0 Å². The van der Waals surface area contributed by atoms with Gasteiger partial charge in [-0.1, -0.05) is 0 Å². The molecule has 0 aromatic rings. The maximum atomic E-state index is 0. The Kier molecular flexibility index (Phi) is 3130. The predicted octanol–water partition coefficient (Wildman–Crippen LogP) is -12.5. The van der Waals surface area contributed by atoms with Crippen LogP contribution in [0.3, 0.4) is 0 Å². The Labute approximate surface area is 147 Å². The van der Waals surface area contributed by atoms with Gasteiger partial charge in [0, 0.05) is 0 Å². The van der Waals surface area contributed by atoms with Crippen molar-refractivity contribution in [1.29, 1.82) is 0 Å². The van der Waals surface area contributed by atoms with E-state index in [0.29, 0.717) is 0 Å². The van der Waals surface area contributed by atoms with Gasteiger partial charge in [-0.05, 0) is 0 Å². The van der Waals surface area contributed by atoms with Crippen LogP contribution in [0.15, 0.2) is 0 Å². The summed E-state index contributed by atoms with van der Waals surface area (Å²) in [4.78, 5) is 0. The Bertz CT molecular complexity index is 17.3. The summed E-state index contributed by atoms with van der Waals surface area (Å²) in [6, 6.07) is 0. The molecule has 0 N–H and O–H groups in total. The molecule has 0 fully saturated rings. The van der Waals surface area contributed by atoms with Gasteiger partial charge in [0.15, 0.2) is 0 Å². The predicted molar refractivity (Wildman–Crippen MR) is 2.75 cm³/mol. The van der Waals surface area contributed by atoms with Crippen LogP contribution in [0.25, 0.3) is 0 Å². The van der Waals surface area contributed by atoms with Gasteiger partial charge in [-0.25, -0.2) is 0 Å². The van der Waals surface area contributed by atoms with Crippen molar-refractivity contribution >= 4 is 0 Å². The fourth-order valence-electron chi connectivity index (χ4n) is 0. The van der Waals surface area contributed by atoms with Crippen molar-refractivity contribution in [2.24, 2.45) is 0 Å². The second-order valence-corrected chi connectivity index (χ2v) is 0. The van der Waals surface area contributed by atoms with Crippen molar-refractivity contribution in [3.63, 3.8) is 0 Å². The molecule has 0 aliphatic carbocycles. The van der Waals surface area contributed by atoms with E-state index in [2.05, 4.69) is 0 Å². The molecule has 0 rings (SSSR count). The third-order valence-corrected chi connectivity index (χ3v) is 0. The summed E-state index contributed by atoms with van der Waals surface area (Å²) in [5, 5.41) is 0. The van der Waals surface area contributed by atoms with Crippen molar-refractivity contribution in [1.82, 2.24) is 0 Å². The largest absolute Gasteiger partial charge is 4.00 e. The van der Waals surface area contributed by atoms with E-state index in [1.807, 2.05) is 0 Å². The number of halogens is 4. The van der Waals surface area contributed by atoms with Crippen LogP contribution in [-0.2, 0) is 99.4 Å². The van der Waals surface area contributed by atoms with Gasteiger partial charge in [0.25, 0.3) is 0 Å². The Balaban J connectivity index is 0. The monoisotopic (exact) mass is 744 g/mol. The van der Waals surface area contributed by atoms with E-state index in [0.717, 1.165) is 0 Å². The summed E-state index contributed by atoms with van der Waals surface area (Å²) < 4.78 is 0. The average molecular weight is 741 g/mol. The zero-order chi connectivity index (χ0) is 0. The van der Waals surface area contributed by atoms with Gasteiger partial charge in [0.05, 0.1) is 0 Å². The summed E-state index contributed by atoms with van der Waals surface area (Å²) >= 11 is 0. The van der Waals surface area contributed by atoms with Crippen molar-refractivity contribution in [3.05, 3.63) is 0 Å². The Hall–Kier alpha value is 3.61. The molecule has 4 nitrogen and oxygen atoms in total. The van der Waals surface area contributed by atoms with Gasteiger partial charge < -0.3 is 71.5 Å². The minimum atomic E-state index is 0. The van der Waals surface area contributed by atoms with Crippen molar-refractivity contribution in [3.8, 4) is 0 Å². The Morgan fingerprint density at radius 2 is 0.273 bits per heavy atom. The third-order valence-electron chi connectivity index (χ3n) is 0. The molecule has 0 bridgehead atoms. The molecule has 0 unspecified atom stereocenters. The molecule has 0 radical (unpaired) electrons. The number of rotatable bonds is 0. The molecular formula is Cl4Hf3O4. The molecule has 0 saturated heterocycles. The van der Waals surface area contributed by atoms with Crippen molar-refractivity contribution < 1.29 is 149 Å². The van der Waals surface area contributed by atoms with Crippen LogP contribution < -0.4 is 49.6 Å². The topological polar surface area (TPSA) is 114 Å². The quantitative estimate of drug-likeness (QED) is 0.220. The first-order valence-electron chi connectivity index (χ1n) is 0.